The largest absolute Gasteiger partial charge is 0.383 e. The maximum Gasteiger partial charge on any atom is 0.290 e. The summed E-state index contributed by atoms with van der Waals surface area (Å²) in [7, 11) is 1.73. The van der Waals surface area contributed by atoms with Gasteiger partial charge in [-0.25, -0.2) is 4.98 Å². The van der Waals surface area contributed by atoms with Gasteiger partial charge in [-0.1, -0.05) is 6.92 Å². The highest BCUT2D eigenvalue weighted by molar-refractivity contribution is 5.36. The first-order valence-electron chi connectivity index (χ1n) is 7.28. The van der Waals surface area contributed by atoms with Crippen molar-refractivity contribution in [2.24, 2.45) is 0 Å². The number of anilines is 1. The smallest absolute Gasteiger partial charge is 0.290 e. The van der Waals surface area contributed by atoms with E-state index in [-0.39, 0.29) is 5.56 Å². The highest BCUT2D eigenvalue weighted by atomic mass is 16.5. The van der Waals surface area contributed by atoms with Crippen molar-refractivity contribution in [2.45, 2.75) is 38.3 Å². The molecule has 20 heavy (non-hydrogen) atoms. The van der Waals surface area contributed by atoms with Gasteiger partial charge in [0, 0.05) is 44.7 Å². The number of hydrogen-bond donors (Lipinski definition) is 2. The number of piperidine rings is 1. The van der Waals surface area contributed by atoms with Gasteiger partial charge in [-0.3, -0.25) is 4.79 Å². The molecule has 0 saturated carbocycles. The Labute approximate surface area is 119 Å². The molecule has 1 aromatic rings. The van der Waals surface area contributed by atoms with Crippen molar-refractivity contribution in [1.82, 2.24) is 15.3 Å². The average molecular weight is 280 g/mol. The fourth-order valence-corrected chi connectivity index (χ4v) is 2.69. The summed E-state index contributed by atoms with van der Waals surface area (Å²) in [5, 5.41) is 3.62. The zero-order valence-corrected chi connectivity index (χ0v) is 12.3. The fourth-order valence-electron chi connectivity index (χ4n) is 2.69. The Morgan fingerprint density at radius 1 is 1.65 bits per heavy atom. The molecule has 2 atom stereocenters. The summed E-state index contributed by atoms with van der Waals surface area (Å²) in [5.41, 5.74) is -0.114. The molecule has 0 unspecified atom stereocenters. The van der Waals surface area contributed by atoms with Crippen LogP contribution in [0.1, 0.15) is 26.2 Å². The second-order valence-corrected chi connectivity index (χ2v) is 5.25. The van der Waals surface area contributed by atoms with E-state index >= 15 is 0 Å². The van der Waals surface area contributed by atoms with Gasteiger partial charge in [0.2, 0.25) is 0 Å². The number of aromatic amines is 1. The summed E-state index contributed by atoms with van der Waals surface area (Å²) >= 11 is 0. The van der Waals surface area contributed by atoms with E-state index < -0.39 is 0 Å². The van der Waals surface area contributed by atoms with Crippen LogP contribution in [0.2, 0.25) is 0 Å². The zero-order valence-electron chi connectivity index (χ0n) is 12.3. The predicted octanol–water partition coefficient (Wildman–Crippen LogP) is 0.753. The number of methoxy groups -OCH3 is 1. The maximum atomic E-state index is 11.8. The molecule has 2 rings (SSSR count). The van der Waals surface area contributed by atoms with Gasteiger partial charge >= 0.3 is 0 Å². The molecule has 1 aliphatic rings. The standard InChI is InChI=1S/C14H24N4O2/c1-3-11(10-20-2)17-12-5-4-8-18(9-12)13-14(19)16-7-6-15-13/h6-7,11-12,17H,3-5,8-10H2,1-2H3,(H,16,19)/t11-,12-/m0/s1. The summed E-state index contributed by atoms with van der Waals surface area (Å²) in [4.78, 5) is 20.8. The first-order chi connectivity index (χ1) is 9.74. The van der Waals surface area contributed by atoms with Crippen LogP contribution < -0.4 is 15.8 Å². The Bertz CT molecular complexity index is 462. The number of aromatic nitrogens is 2. The summed E-state index contributed by atoms with van der Waals surface area (Å²) in [6, 6.07) is 0.747. The first kappa shape index (κ1) is 15.0. The van der Waals surface area contributed by atoms with Gasteiger partial charge in [0.05, 0.1) is 6.61 Å². The minimum atomic E-state index is -0.114. The van der Waals surface area contributed by atoms with Gasteiger partial charge in [0.15, 0.2) is 5.82 Å². The number of H-pyrrole nitrogens is 1. The molecule has 112 valence electrons. The number of rotatable bonds is 6. The van der Waals surface area contributed by atoms with Gasteiger partial charge in [0.25, 0.3) is 5.56 Å². The Morgan fingerprint density at radius 2 is 2.50 bits per heavy atom. The average Bonchev–Trinajstić information content (AvgIpc) is 2.47. The molecular weight excluding hydrogens is 256 g/mol. The van der Waals surface area contributed by atoms with Crippen molar-refractivity contribution in [3.8, 4) is 0 Å². The molecule has 2 N–H and O–H groups in total. The quantitative estimate of drug-likeness (QED) is 0.805. The van der Waals surface area contributed by atoms with Crippen molar-refractivity contribution >= 4 is 5.82 Å². The highest BCUT2D eigenvalue weighted by Crippen LogP contribution is 2.15. The van der Waals surface area contributed by atoms with Crippen molar-refractivity contribution in [3.63, 3.8) is 0 Å². The van der Waals surface area contributed by atoms with Crippen molar-refractivity contribution < 1.29 is 4.74 Å². The molecule has 0 amide bonds. The molecule has 6 nitrogen and oxygen atoms in total. The SMILES string of the molecule is CC[C@@H](COC)N[C@H]1CCCN(c2ncc[nH]c2=O)C1. The minimum absolute atomic E-state index is 0.114. The van der Waals surface area contributed by atoms with E-state index in [1.165, 1.54) is 0 Å². The first-order valence-corrected chi connectivity index (χ1v) is 7.28. The lowest BCUT2D eigenvalue weighted by atomic mass is 10.0. The van der Waals surface area contributed by atoms with Crippen LogP contribution in [0.3, 0.4) is 0 Å². The molecule has 0 aliphatic carbocycles. The number of nitrogens with zero attached hydrogens (tertiary/aromatic N) is 2. The number of ether oxygens (including phenoxy) is 1. The van der Waals surface area contributed by atoms with Crippen LogP contribution in [0.4, 0.5) is 5.82 Å². The van der Waals surface area contributed by atoms with Crippen LogP contribution in [-0.2, 0) is 4.74 Å². The zero-order chi connectivity index (χ0) is 14.4. The van der Waals surface area contributed by atoms with Gasteiger partial charge in [-0.2, -0.15) is 0 Å². The minimum Gasteiger partial charge on any atom is -0.383 e. The molecule has 1 aliphatic heterocycles. The summed E-state index contributed by atoms with van der Waals surface area (Å²) < 4.78 is 5.22. The second kappa shape index (κ2) is 7.40. The van der Waals surface area contributed by atoms with E-state index in [0.29, 0.717) is 17.9 Å². The summed E-state index contributed by atoms with van der Waals surface area (Å²) in [5.74, 6) is 0.527. The van der Waals surface area contributed by atoms with E-state index in [4.69, 9.17) is 4.74 Å². The van der Waals surface area contributed by atoms with Crippen molar-refractivity contribution in [1.29, 1.82) is 0 Å². The maximum absolute atomic E-state index is 11.8. The number of nitrogens with one attached hydrogen (secondary N) is 2. The van der Waals surface area contributed by atoms with Gasteiger partial charge in [-0.05, 0) is 19.3 Å². The molecule has 1 saturated heterocycles. The lowest BCUT2D eigenvalue weighted by Crippen LogP contribution is -2.51. The molecule has 6 heteroatoms. The van der Waals surface area contributed by atoms with E-state index in [0.717, 1.165) is 39.0 Å². The van der Waals surface area contributed by atoms with Crippen LogP contribution >= 0.6 is 0 Å². The van der Waals surface area contributed by atoms with Crippen molar-refractivity contribution in [2.75, 3.05) is 31.7 Å². The van der Waals surface area contributed by atoms with Gasteiger partial charge in [0.1, 0.15) is 0 Å². The summed E-state index contributed by atoms with van der Waals surface area (Å²) in [6.07, 6.45) is 6.43. The normalized spacial score (nSPS) is 20.9. The van der Waals surface area contributed by atoms with E-state index in [1.807, 2.05) is 0 Å². The third-order valence-electron chi connectivity index (χ3n) is 3.74. The number of hydrogen-bond acceptors (Lipinski definition) is 5. The predicted molar refractivity (Wildman–Crippen MR) is 79.2 cm³/mol. The van der Waals surface area contributed by atoms with E-state index in [9.17, 15) is 4.79 Å². The van der Waals surface area contributed by atoms with E-state index in [2.05, 4.69) is 27.1 Å². The second-order valence-electron chi connectivity index (χ2n) is 5.25. The van der Waals surface area contributed by atoms with Crippen LogP contribution in [0.25, 0.3) is 0 Å². The topological polar surface area (TPSA) is 70.2 Å². The third kappa shape index (κ3) is 3.80. The lowest BCUT2D eigenvalue weighted by molar-refractivity contribution is 0.156. The molecule has 1 fully saturated rings. The van der Waals surface area contributed by atoms with Crippen LogP contribution in [0, 0.1) is 0 Å². The molecule has 0 bridgehead atoms. The Balaban J connectivity index is 1.98. The Morgan fingerprint density at radius 3 is 3.20 bits per heavy atom. The molecule has 1 aromatic heterocycles. The van der Waals surface area contributed by atoms with Crippen LogP contribution in [-0.4, -0.2) is 48.9 Å². The fraction of sp³-hybridized carbons (Fsp3) is 0.714. The Kier molecular flexibility index (Phi) is 5.55. The summed E-state index contributed by atoms with van der Waals surface area (Å²) in [6.45, 7) is 4.58. The molecule has 0 aromatic carbocycles. The molecular formula is C14H24N4O2. The molecule has 0 radical (unpaired) electrons. The van der Waals surface area contributed by atoms with Crippen LogP contribution in [0.5, 0.6) is 0 Å². The molecule has 2 heterocycles. The highest BCUT2D eigenvalue weighted by Gasteiger charge is 2.24. The lowest BCUT2D eigenvalue weighted by Gasteiger charge is -2.35. The Hall–Kier alpha value is -1.40. The third-order valence-corrected chi connectivity index (χ3v) is 3.74. The van der Waals surface area contributed by atoms with E-state index in [1.54, 1.807) is 19.5 Å². The monoisotopic (exact) mass is 280 g/mol. The molecule has 0 spiro atoms. The van der Waals surface area contributed by atoms with Crippen LogP contribution in [0.15, 0.2) is 17.2 Å². The van der Waals surface area contributed by atoms with Crippen molar-refractivity contribution in [3.05, 3.63) is 22.7 Å². The van der Waals surface area contributed by atoms with Gasteiger partial charge in [-0.15, -0.1) is 0 Å². The van der Waals surface area contributed by atoms with Gasteiger partial charge < -0.3 is 19.9 Å².